The van der Waals surface area contributed by atoms with Crippen LogP contribution in [0.4, 0.5) is 5.82 Å². The topological polar surface area (TPSA) is 144 Å². The van der Waals surface area contributed by atoms with Gasteiger partial charge in [0.2, 0.25) is 5.88 Å². The quantitative estimate of drug-likeness (QED) is 0.387. The molecule has 0 saturated heterocycles. The van der Waals surface area contributed by atoms with Gasteiger partial charge in [-0.25, -0.2) is 9.78 Å². The smallest absolute Gasteiger partial charge is 0.326 e. The van der Waals surface area contributed by atoms with Crippen LogP contribution in [0, 0.1) is 5.41 Å². The van der Waals surface area contributed by atoms with E-state index < -0.39 is 5.69 Å². The maximum absolute atomic E-state index is 11.4. The number of aromatic nitrogens is 5. The highest BCUT2D eigenvalue weighted by Crippen LogP contribution is 2.37. The molecule has 10 nitrogen and oxygen atoms in total. The molecular formula is C20H25N7O3. The lowest BCUT2D eigenvalue weighted by Gasteiger charge is -2.26. The summed E-state index contributed by atoms with van der Waals surface area (Å²) in [5.74, 6) is 0.436. The number of anilines is 1. The highest BCUT2D eigenvalue weighted by Gasteiger charge is 2.33. The Balaban J connectivity index is 1.58. The Kier molecular flexibility index (Phi) is 4.58. The van der Waals surface area contributed by atoms with Crippen LogP contribution < -0.4 is 21.7 Å². The Bertz CT molecular complexity index is 1250. The van der Waals surface area contributed by atoms with Gasteiger partial charge in [0.25, 0.3) is 0 Å². The van der Waals surface area contributed by atoms with Gasteiger partial charge in [0.1, 0.15) is 11.5 Å². The first-order valence-corrected chi connectivity index (χ1v) is 10.4. The van der Waals surface area contributed by atoms with Crippen molar-refractivity contribution >= 4 is 17.5 Å². The Labute approximate surface area is 171 Å². The summed E-state index contributed by atoms with van der Waals surface area (Å²) < 4.78 is 1.68. The van der Waals surface area contributed by atoms with Gasteiger partial charge >= 0.3 is 5.69 Å². The molecule has 0 bridgehead atoms. The van der Waals surface area contributed by atoms with Crippen molar-refractivity contribution in [1.29, 1.82) is 0 Å². The molecule has 158 valence electrons. The summed E-state index contributed by atoms with van der Waals surface area (Å²) in [5.41, 5.74) is 0.959. The molecule has 0 aromatic carbocycles. The molecule has 5 rings (SSSR count). The van der Waals surface area contributed by atoms with E-state index in [4.69, 9.17) is 9.98 Å². The molecule has 0 amide bonds. The van der Waals surface area contributed by atoms with E-state index in [9.17, 15) is 15.0 Å². The number of H-pyrrole nitrogens is 2. The van der Waals surface area contributed by atoms with Crippen LogP contribution in [0.5, 0.6) is 5.88 Å². The third kappa shape index (κ3) is 3.58. The largest absolute Gasteiger partial charge is 0.493 e. The lowest BCUT2D eigenvalue weighted by Crippen LogP contribution is -2.31. The molecule has 2 aliphatic rings. The molecule has 10 heteroatoms. The Morgan fingerprint density at radius 1 is 1.33 bits per heavy atom. The minimum atomic E-state index is -0.485. The SMILES string of the molecule is O=c1[nH]c(O)c(C=c2cnn3c(=NC4CC4)cc(NCC4(CO)CCCC4)nc23)[nH]1. The minimum Gasteiger partial charge on any atom is -0.493 e. The predicted octanol–water partition coefficient (Wildman–Crippen LogP) is 0.0267. The minimum absolute atomic E-state index is 0.104. The molecule has 30 heavy (non-hydrogen) atoms. The van der Waals surface area contributed by atoms with E-state index in [-0.39, 0.29) is 23.6 Å². The highest BCUT2D eigenvalue weighted by molar-refractivity contribution is 5.57. The zero-order valence-corrected chi connectivity index (χ0v) is 16.6. The summed E-state index contributed by atoms with van der Waals surface area (Å²) >= 11 is 0. The van der Waals surface area contributed by atoms with Crippen LogP contribution >= 0.6 is 0 Å². The van der Waals surface area contributed by atoms with Gasteiger partial charge in [-0.05, 0) is 31.8 Å². The molecule has 3 heterocycles. The second kappa shape index (κ2) is 7.28. The van der Waals surface area contributed by atoms with E-state index in [2.05, 4.69) is 20.4 Å². The number of aromatic amines is 2. The number of hydrogen-bond donors (Lipinski definition) is 5. The Morgan fingerprint density at radius 3 is 2.80 bits per heavy atom. The number of rotatable bonds is 6. The summed E-state index contributed by atoms with van der Waals surface area (Å²) in [6, 6.07) is 2.20. The van der Waals surface area contributed by atoms with E-state index in [1.165, 1.54) is 0 Å². The maximum atomic E-state index is 11.4. The molecule has 0 radical (unpaired) electrons. The molecule has 2 fully saturated rings. The normalized spacial score (nSPS) is 19.8. The molecule has 0 unspecified atom stereocenters. The van der Waals surface area contributed by atoms with E-state index >= 15 is 0 Å². The van der Waals surface area contributed by atoms with Crippen LogP contribution in [0.15, 0.2) is 22.1 Å². The maximum Gasteiger partial charge on any atom is 0.326 e. The average molecular weight is 411 g/mol. The Hall–Kier alpha value is -3.14. The van der Waals surface area contributed by atoms with Gasteiger partial charge in [-0.2, -0.15) is 9.61 Å². The van der Waals surface area contributed by atoms with E-state index in [0.29, 0.717) is 34.8 Å². The van der Waals surface area contributed by atoms with Crippen molar-refractivity contribution in [3.05, 3.63) is 39.1 Å². The fraction of sp³-hybridized carbons (Fsp3) is 0.500. The van der Waals surface area contributed by atoms with Gasteiger partial charge in [-0.3, -0.25) is 9.98 Å². The zero-order chi connectivity index (χ0) is 20.7. The molecule has 3 aromatic heterocycles. The molecule has 0 aliphatic heterocycles. The fourth-order valence-corrected chi connectivity index (χ4v) is 4.08. The average Bonchev–Trinajstić information content (AvgIpc) is 3.12. The first-order chi connectivity index (χ1) is 14.5. The van der Waals surface area contributed by atoms with E-state index in [0.717, 1.165) is 38.5 Å². The first kappa shape index (κ1) is 18.9. The second-order valence-corrected chi connectivity index (χ2v) is 8.40. The van der Waals surface area contributed by atoms with Crippen molar-refractivity contribution in [2.45, 2.75) is 44.6 Å². The van der Waals surface area contributed by atoms with Crippen molar-refractivity contribution in [3.63, 3.8) is 0 Å². The molecule has 0 atom stereocenters. The Morgan fingerprint density at radius 2 is 2.13 bits per heavy atom. The number of aromatic hydroxyl groups is 1. The predicted molar refractivity (Wildman–Crippen MR) is 110 cm³/mol. The highest BCUT2D eigenvalue weighted by atomic mass is 16.3. The van der Waals surface area contributed by atoms with Crippen molar-refractivity contribution in [1.82, 2.24) is 24.6 Å². The molecule has 2 saturated carbocycles. The lowest BCUT2D eigenvalue weighted by atomic mass is 9.87. The molecule has 5 N–H and O–H groups in total. The number of nitrogens with one attached hydrogen (secondary N) is 3. The second-order valence-electron chi connectivity index (χ2n) is 8.40. The fourth-order valence-electron chi connectivity index (χ4n) is 4.08. The van der Waals surface area contributed by atoms with E-state index in [1.807, 2.05) is 6.07 Å². The first-order valence-electron chi connectivity index (χ1n) is 10.4. The number of fused-ring (bicyclic) bond motifs is 1. The van der Waals surface area contributed by atoms with Gasteiger partial charge < -0.3 is 20.5 Å². The van der Waals surface area contributed by atoms with Crippen molar-refractivity contribution in [2.24, 2.45) is 10.4 Å². The summed E-state index contributed by atoms with van der Waals surface area (Å²) in [4.78, 5) is 25.8. The van der Waals surface area contributed by atoms with Crippen molar-refractivity contribution in [2.75, 3.05) is 18.5 Å². The number of nitrogens with zero attached hydrogens (tertiary/aromatic N) is 4. The standard InChI is InChI=1S/C20H25N7O3/c28-11-20(5-1-2-6-20)10-21-15-8-16(23-13-3-4-13)27-17(25-15)12(9-22-27)7-14-18(29)26-19(30)24-14/h7-9,13,21,28-29H,1-6,10-11H2,(H2,24,26,30). The third-order valence-electron chi connectivity index (χ3n) is 6.02. The van der Waals surface area contributed by atoms with Crippen molar-refractivity contribution < 1.29 is 10.2 Å². The number of aliphatic hydroxyl groups is 1. The van der Waals surface area contributed by atoms with Crippen LogP contribution in [0.25, 0.3) is 11.7 Å². The summed E-state index contributed by atoms with van der Waals surface area (Å²) in [5, 5.41) is 28.2. The molecule has 2 aliphatic carbocycles. The van der Waals surface area contributed by atoms with Crippen LogP contribution in [-0.2, 0) is 0 Å². The summed E-state index contributed by atoms with van der Waals surface area (Å²) in [6.07, 6.45) is 9.67. The van der Waals surface area contributed by atoms with Crippen LogP contribution in [0.3, 0.4) is 0 Å². The van der Waals surface area contributed by atoms with Crippen LogP contribution in [0.1, 0.15) is 44.2 Å². The molecule has 0 spiro atoms. The summed E-state index contributed by atoms with van der Waals surface area (Å²) in [7, 11) is 0. The zero-order valence-electron chi connectivity index (χ0n) is 16.6. The summed E-state index contributed by atoms with van der Waals surface area (Å²) in [6.45, 7) is 0.808. The van der Waals surface area contributed by atoms with Crippen LogP contribution in [0.2, 0.25) is 0 Å². The number of imidazole rings is 1. The van der Waals surface area contributed by atoms with Gasteiger partial charge in [-0.15, -0.1) is 0 Å². The van der Waals surface area contributed by atoms with Crippen LogP contribution in [-0.4, -0.2) is 54.0 Å². The van der Waals surface area contributed by atoms with Crippen molar-refractivity contribution in [3.8, 4) is 5.88 Å². The van der Waals surface area contributed by atoms with Gasteiger partial charge in [0, 0.05) is 23.2 Å². The van der Waals surface area contributed by atoms with E-state index in [1.54, 1.807) is 16.8 Å². The van der Waals surface area contributed by atoms with Gasteiger partial charge in [0.05, 0.1) is 18.8 Å². The molecule has 3 aromatic rings. The van der Waals surface area contributed by atoms with Gasteiger partial charge in [-0.1, -0.05) is 12.8 Å². The third-order valence-corrected chi connectivity index (χ3v) is 6.02. The lowest BCUT2D eigenvalue weighted by molar-refractivity contribution is 0.142. The monoisotopic (exact) mass is 411 g/mol. The number of hydrogen-bond acceptors (Lipinski definition) is 7. The number of aliphatic hydroxyl groups excluding tert-OH is 1. The molecular weight excluding hydrogens is 386 g/mol. The van der Waals surface area contributed by atoms with Gasteiger partial charge in [0.15, 0.2) is 11.1 Å².